The Morgan fingerprint density at radius 3 is 2.61 bits per heavy atom. The molecule has 8 heteroatoms. The van der Waals surface area contributed by atoms with Gasteiger partial charge in [-0.25, -0.2) is 5.43 Å². The summed E-state index contributed by atoms with van der Waals surface area (Å²) >= 11 is 5.88. The van der Waals surface area contributed by atoms with Crippen LogP contribution in [0.1, 0.15) is 30.5 Å². The molecule has 7 nitrogen and oxygen atoms in total. The van der Waals surface area contributed by atoms with Crippen LogP contribution in [0.15, 0.2) is 60.9 Å². The van der Waals surface area contributed by atoms with Gasteiger partial charge in [-0.3, -0.25) is 9.59 Å². The van der Waals surface area contributed by atoms with Crippen LogP contribution in [0, 0.1) is 0 Å². The van der Waals surface area contributed by atoms with Crippen LogP contribution in [0.2, 0.25) is 5.02 Å². The Balaban J connectivity index is 1.32. The molecule has 2 aromatic rings. The third-order valence-electron chi connectivity index (χ3n) is 5.39. The van der Waals surface area contributed by atoms with Crippen molar-refractivity contribution in [3.05, 3.63) is 77.1 Å². The van der Waals surface area contributed by atoms with Gasteiger partial charge in [0.1, 0.15) is 18.3 Å². The van der Waals surface area contributed by atoms with E-state index in [9.17, 15) is 9.59 Å². The normalized spacial score (nSPS) is 20.0. The third kappa shape index (κ3) is 5.00. The number of halogens is 1. The maximum absolute atomic E-state index is 12.9. The molecule has 31 heavy (non-hydrogen) atoms. The molecule has 4 rings (SSSR count). The molecule has 0 aliphatic carbocycles. The summed E-state index contributed by atoms with van der Waals surface area (Å²) in [7, 11) is 0. The van der Waals surface area contributed by atoms with Crippen LogP contribution in [0.4, 0.5) is 0 Å². The maximum Gasteiger partial charge on any atom is 0.251 e. The molecule has 0 bridgehead atoms. The number of hydrogen-bond donors (Lipinski definition) is 2. The number of carbonyl (C=O) groups is 2. The standard InChI is InChI=1S/C23H25ClN4O3/c1-2-31-19-9-5-17(6-10-19)20-13-21-23(30)27(11-12-28(21)26-20)15-22(29)25-14-16-3-7-18(24)8-4-16/h3-12,20-21,26H,2,13-15H2,1H3,(H,25,29). The number of hydrazine groups is 1. The van der Waals surface area contributed by atoms with Crippen molar-refractivity contribution in [2.45, 2.75) is 32.0 Å². The number of hydrogen-bond acceptors (Lipinski definition) is 5. The second kappa shape index (κ2) is 9.41. The smallest absolute Gasteiger partial charge is 0.251 e. The van der Waals surface area contributed by atoms with E-state index >= 15 is 0 Å². The molecule has 0 spiro atoms. The molecule has 2 aliphatic rings. The molecule has 1 fully saturated rings. The predicted molar refractivity (Wildman–Crippen MR) is 118 cm³/mol. The van der Waals surface area contributed by atoms with E-state index < -0.39 is 0 Å². The highest BCUT2D eigenvalue weighted by Crippen LogP contribution is 2.31. The van der Waals surface area contributed by atoms with Gasteiger partial charge in [-0.1, -0.05) is 35.9 Å². The lowest BCUT2D eigenvalue weighted by molar-refractivity contribution is -0.138. The highest BCUT2D eigenvalue weighted by atomic mass is 35.5. The van der Waals surface area contributed by atoms with Crippen LogP contribution in [0.3, 0.4) is 0 Å². The summed E-state index contributed by atoms with van der Waals surface area (Å²) in [5.74, 6) is 0.522. The number of nitrogens with one attached hydrogen (secondary N) is 2. The Bertz CT molecular complexity index is 962. The average Bonchev–Trinajstić information content (AvgIpc) is 3.21. The molecule has 2 heterocycles. The molecule has 0 saturated carbocycles. The summed E-state index contributed by atoms with van der Waals surface area (Å²) in [4.78, 5) is 26.8. The average molecular weight is 441 g/mol. The fourth-order valence-corrected chi connectivity index (χ4v) is 3.89. The molecule has 2 atom stereocenters. The van der Waals surface area contributed by atoms with Gasteiger partial charge in [0.15, 0.2) is 0 Å². The largest absolute Gasteiger partial charge is 0.494 e. The Labute approximate surface area is 186 Å². The first-order chi connectivity index (χ1) is 15.0. The summed E-state index contributed by atoms with van der Waals surface area (Å²) in [6.45, 7) is 2.95. The van der Waals surface area contributed by atoms with E-state index in [4.69, 9.17) is 16.3 Å². The van der Waals surface area contributed by atoms with Crippen molar-refractivity contribution in [1.82, 2.24) is 20.7 Å². The highest BCUT2D eigenvalue weighted by Gasteiger charge is 2.40. The van der Waals surface area contributed by atoms with Crippen LogP contribution >= 0.6 is 11.6 Å². The van der Waals surface area contributed by atoms with E-state index in [0.29, 0.717) is 24.6 Å². The monoisotopic (exact) mass is 440 g/mol. The van der Waals surface area contributed by atoms with Gasteiger partial charge in [-0.15, -0.1) is 0 Å². The predicted octanol–water partition coefficient (Wildman–Crippen LogP) is 2.99. The first-order valence-corrected chi connectivity index (χ1v) is 10.7. The molecule has 2 N–H and O–H groups in total. The van der Waals surface area contributed by atoms with Crippen molar-refractivity contribution in [2.24, 2.45) is 0 Å². The zero-order chi connectivity index (χ0) is 21.8. The van der Waals surface area contributed by atoms with Crippen LogP contribution < -0.4 is 15.5 Å². The Hall–Kier alpha value is -3.03. The van der Waals surface area contributed by atoms with Crippen LogP contribution in [-0.4, -0.2) is 40.9 Å². The second-order valence-corrected chi connectivity index (χ2v) is 7.95. The lowest BCUT2D eigenvalue weighted by Crippen LogP contribution is -2.50. The number of fused-ring (bicyclic) bond motifs is 1. The zero-order valence-corrected chi connectivity index (χ0v) is 18.0. The van der Waals surface area contributed by atoms with Gasteiger partial charge >= 0.3 is 0 Å². The van der Waals surface area contributed by atoms with Gasteiger partial charge in [0.2, 0.25) is 5.91 Å². The van der Waals surface area contributed by atoms with Crippen molar-refractivity contribution >= 4 is 23.4 Å². The molecule has 2 amide bonds. The minimum atomic E-state index is -0.342. The fraction of sp³-hybridized carbons (Fsp3) is 0.304. The van der Waals surface area contributed by atoms with E-state index in [-0.39, 0.29) is 30.4 Å². The number of carbonyl (C=O) groups excluding carboxylic acids is 2. The fourth-order valence-electron chi connectivity index (χ4n) is 3.76. The third-order valence-corrected chi connectivity index (χ3v) is 5.64. The maximum atomic E-state index is 12.9. The lowest BCUT2D eigenvalue weighted by Gasteiger charge is -2.31. The molecule has 2 unspecified atom stereocenters. The molecule has 0 radical (unpaired) electrons. The minimum Gasteiger partial charge on any atom is -0.494 e. The van der Waals surface area contributed by atoms with Crippen LogP contribution in [-0.2, 0) is 16.1 Å². The van der Waals surface area contributed by atoms with E-state index in [2.05, 4.69) is 10.7 Å². The van der Waals surface area contributed by atoms with Crippen LogP contribution in [0.25, 0.3) is 0 Å². The quantitative estimate of drug-likeness (QED) is 0.692. The molecule has 2 aromatic carbocycles. The summed E-state index contributed by atoms with van der Waals surface area (Å²) in [6, 6.07) is 14.9. The van der Waals surface area contributed by atoms with Gasteiger partial charge in [-0.05, 0) is 48.7 Å². The van der Waals surface area contributed by atoms with Crippen molar-refractivity contribution in [3.63, 3.8) is 0 Å². The van der Waals surface area contributed by atoms with E-state index in [0.717, 1.165) is 16.9 Å². The SMILES string of the molecule is CCOc1ccc(C2CC3C(=O)N(CC(=O)NCc4ccc(Cl)cc4)C=CN3N2)cc1. The highest BCUT2D eigenvalue weighted by molar-refractivity contribution is 6.30. The van der Waals surface area contributed by atoms with Gasteiger partial charge in [0.25, 0.3) is 5.91 Å². The number of nitrogens with zero attached hydrogens (tertiary/aromatic N) is 2. The van der Waals surface area contributed by atoms with E-state index in [1.54, 1.807) is 18.3 Å². The summed E-state index contributed by atoms with van der Waals surface area (Å²) in [5.41, 5.74) is 5.40. The molecular formula is C23H25ClN4O3. The van der Waals surface area contributed by atoms with E-state index in [1.165, 1.54) is 4.90 Å². The first kappa shape index (κ1) is 21.2. The van der Waals surface area contributed by atoms with Crippen molar-refractivity contribution in [3.8, 4) is 5.75 Å². The van der Waals surface area contributed by atoms with Crippen molar-refractivity contribution in [2.75, 3.05) is 13.2 Å². The molecular weight excluding hydrogens is 416 g/mol. The van der Waals surface area contributed by atoms with Crippen LogP contribution in [0.5, 0.6) is 5.75 Å². The Morgan fingerprint density at radius 2 is 1.90 bits per heavy atom. The van der Waals surface area contributed by atoms with Gasteiger partial charge in [-0.2, -0.15) is 0 Å². The van der Waals surface area contributed by atoms with Crippen molar-refractivity contribution < 1.29 is 14.3 Å². The first-order valence-electron chi connectivity index (χ1n) is 10.3. The number of rotatable bonds is 7. The molecule has 0 aromatic heterocycles. The summed E-state index contributed by atoms with van der Waals surface area (Å²) < 4.78 is 5.49. The lowest BCUT2D eigenvalue weighted by atomic mass is 10.0. The second-order valence-electron chi connectivity index (χ2n) is 7.51. The number of amides is 2. The number of benzene rings is 2. The minimum absolute atomic E-state index is 0.0129. The Morgan fingerprint density at radius 1 is 1.16 bits per heavy atom. The van der Waals surface area contributed by atoms with Gasteiger partial charge < -0.3 is 20.0 Å². The van der Waals surface area contributed by atoms with E-state index in [1.807, 2.05) is 54.5 Å². The zero-order valence-electron chi connectivity index (χ0n) is 17.3. The van der Waals surface area contributed by atoms with Gasteiger partial charge in [0, 0.05) is 24.0 Å². The van der Waals surface area contributed by atoms with Gasteiger partial charge in [0.05, 0.1) is 12.6 Å². The summed E-state index contributed by atoms with van der Waals surface area (Å²) in [6.07, 6.45) is 4.08. The molecule has 2 aliphatic heterocycles. The Kier molecular flexibility index (Phi) is 6.44. The molecule has 162 valence electrons. The number of ether oxygens (including phenoxy) is 1. The summed E-state index contributed by atoms with van der Waals surface area (Å²) in [5, 5.41) is 5.32. The molecule has 1 saturated heterocycles. The topological polar surface area (TPSA) is 73.9 Å². The van der Waals surface area contributed by atoms with Crippen molar-refractivity contribution in [1.29, 1.82) is 0 Å².